The molecule has 118 valence electrons. The van der Waals surface area contributed by atoms with Gasteiger partial charge in [-0.15, -0.1) is 0 Å². The van der Waals surface area contributed by atoms with E-state index < -0.39 is 11.5 Å². The minimum atomic E-state index is -0.636. The molecule has 0 aliphatic rings. The van der Waals surface area contributed by atoms with Crippen LogP contribution in [0.25, 0.3) is 0 Å². The van der Waals surface area contributed by atoms with Crippen LogP contribution in [0.2, 0.25) is 0 Å². The molecule has 0 spiro atoms. The Morgan fingerprint density at radius 1 is 1.20 bits per heavy atom. The van der Waals surface area contributed by atoms with Crippen LogP contribution in [0.3, 0.4) is 0 Å². The molecule has 0 aliphatic carbocycles. The highest BCUT2D eigenvalue weighted by molar-refractivity contribution is 7.80. The summed E-state index contributed by atoms with van der Waals surface area (Å²) < 4.78 is 0. The zero-order valence-electron chi connectivity index (χ0n) is 12.2. The summed E-state index contributed by atoms with van der Waals surface area (Å²) in [6, 6.07) is -0.636. The minimum Gasteiger partial charge on any atom is -0.396 e. The molecule has 0 bridgehead atoms. The fraction of sp³-hybridized carbons (Fsp3) is 0.846. The summed E-state index contributed by atoms with van der Waals surface area (Å²) in [6.45, 7) is 4.26. The van der Waals surface area contributed by atoms with Crippen LogP contribution in [0.15, 0.2) is 0 Å². The number of carbonyl (C=O) groups is 2. The van der Waals surface area contributed by atoms with Crippen molar-refractivity contribution in [3.63, 3.8) is 0 Å². The standard InChI is InChI=1S/C13H26N2O3S2/c1-13(2,9-20)12(18)15-10(8-19)11(17)14-6-4-3-5-7-16/h10,16,19-20H,3-9H2,1-2H3,(H,14,17)(H,15,18)/t10-/m0/s1. The van der Waals surface area contributed by atoms with E-state index in [4.69, 9.17) is 5.11 Å². The van der Waals surface area contributed by atoms with Gasteiger partial charge in [0.25, 0.3) is 0 Å². The fourth-order valence-electron chi connectivity index (χ4n) is 1.37. The first-order chi connectivity index (χ1) is 9.38. The van der Waals surface area contributed by atoms with E-state index in [-0.39, 0.29) is 24.2 Å². The van der Waals surface area contributed by atoms with E-state index in [0.717, 1.165) is 19.3 Å². The van der Waals surface area contributed by atoms with E-state index in [1.54, 1.807) is 13.8 Å². The smallest absolute Gasteiger partial charge is 0.243 e. The maximum atomic E-state index is 12.0. The molecule has 0 saturated carbocycles. The number of nitrogens with one attached hydrogen (secondary N) is 2. The summed E-state index contributed by atoms with van der Waals surface area (Å²) in [4.78, 5) is 23.9. The quantitative estimate of drug-likeness (QED) is 0.302. The molecule has 20 heavy (non-hydrogen) atoms. The predicted molar refractivity (Wildman–Crippen MR) is 87.4 cm³/mol. The van der Waals surface area contributed by atoms with E-state index in [9.17, 15) is 9.59 Å². The maximum Gasteiger partial charge on any atom is 0.243 e. The van der Waals surface area contributed by atoms with Gasteiger partial charge in [0.05, 0.1) is 5.41 Å². The van der Waals surface area contributed by atoms with Gasteiger partial charge in [0.1, 0.15) is 6.04 Å². The molecule has 0 aromatic heterocycles. The normalized spacial score (nSPS) is 12.8. The number of unbranched alkanes of at least 4 members (excludes halogenated alkanes) is 2. The Kier molecular flexibility index (Phi) is 10.1. The van der Waals surface area contributed by atoms with Crippen LogP contribution in [0, 0.1) is 5.41 Å². The van der Waals surface area contributed by atoms with E-state index >= 15 is 0 Å². The first-order valence-corrected chi connectivity index (χ1v) is 8.06. The molecular formula is C13H26N2O3S2. The SMILES string of the molecule is CC(C)(CS)C(=O)N[C@@H](CS)C(=O)NCCCCCO. The Hall–Kier alpha value is -0.400. The zero-order valence-corrected chi connectivity index (χ0v) is 14.0. The lowest BCUT2D eigenvalue weighted by Gasteiger charge is -2.24. The molecule has 0 radical (unpaired) electrons. The number of hydrogen-bond acceptors (Lipinski definition) is 5. The van der Waals surface area contributed by atoms with Gasteiger partial charge in [-0.1, -0.05) is 13.8 Å². The van der Waals surface area contributed by atoms with Crippen molar-refractivity contribution in [3.8, 4) is 0 Å². The van der Waals surface area contributed by atoms with Gasteiger partial charge in [-0.25, -0.2) is 0 Å². The summed E-state index contributed by atoms with van der Waals surface area (Å²) in [5, 5.41) is 14.1. The Balaban J connectivity index is 4.18. The van der Waals surface area contributed by atoms with Crippen molar-refractivity contribution >= 4 is 37.1 Å². The van der Waals surface area contributed by atoms with Crippen LogP contribution in [0.4, 0.5) is 0 Å². The van der Waals surface area contributed by atoms with Gasteiger partial charge in [0.15, 0.2) is 0 Å². The molecule has 0 aromatic carbocycles. The summed E-state index contributed by atoms with van der Waals surface area (Å²) in [5.41, 5.74) is -0.619. The first kappa shape index (κ1) is 19.6. The molecule has 5 nitrogen and oxygen atoms in total. The van der Waals surface area contributed by atoms with Crippen molar-refractivity contribution in [2.45, 2.75) is 39.2 Å². The molecule has 0 aromatic rings. The van der Waals surface area contributed by atoms with E-state index in [1.165, 1.54) is 0 Å². The number of amides is 2. The van der Waals surface area contributed by atoms with Crippen LogP contribution < -0.4 is 10.6 Å². The highest BCUT2D eigenvalue weighted by atomic mass is 32.1. The Morgan fingerprint density at radius 3 is 2.35 bits per heavy atom. The monoisotopic (exact) mass is 322 g/mol. The Morgan fingerprint density at radius 2 is 1.85 bits per heavy atom. The van der Waals surface area contributed by atoms with Gasteiger partial charge in [0, 0.05) is 24.7 Å². The van der Waals surface area contributed by atoms with Gasteiger partial charge < -0.3 is 15.7 Å². The van der Waals surface area contributed by atoms with Crippen molar-refractivity contribution in [3.05, 3.63) is 0 Å². The average Bonchev–Trinajstić information content (AvgIpc) is 2.43. The molecule has 0 saturated heterocycles. The van der Waals surface area contributed by atoms with Gasteiger partial charge in [-0.3, -0.25) is 9.59 Å². The van der Waals surface area contributed by atoms with Crippen LogP contribution >= 0.6 is 25.3 Å². The highest BCUT2D eigenvalue weighted by Gasteiger charge is 2.29. The Bertz CT molecular complexity index is 312. The lowest BCUT2D eigenvalue weighted by atomic mass is 9.95. The largest absolute Gasteiger partial charge is 0.396 e. The molecule has 0 heterocycles. The third-order valence-corrected chi connectivity index (χ3v) is 4.10. The van der Waals surface area contributed by atoms with E-state index in [0.29, 0.717) is 12.3 Å². The number of aliphatic hydroxyl groups excluding tert-OH is 1. The predicted octanol–water partition coefficient (Wildman–Crippen LogP) is 0.636. The molecule has 0 rings (SSSR count). The maximum absolute atomic E-state index is 12.0. The molecule has 3 N–H and O–H groups in total. The molecule has 7 heteroatoms. The van der Waals surface area contributed by atoms with Crippen LogP contribution in [0.5, 0.6) is 0 Å². The summed E-state index contributed by atoms with van der Waals surface area (Å²) in [7, 11) is 0. The van der Waals surface area contributed by atoms with Crippen molar-refractivity contribution in [1.29, 1.82) is 0 Å². The third kappa shape index (κ3) is 7.40. The molecule has 2 amide bonds. The number of hydrogen-bond donors (Lipinski definition) is 5. The molecular weight excluding hydrogens is 296 g/mol. The summed E-state index contributed by atoms with van der Waals surface area (Å²) >= 11 is 8.24. The van der Waals surface area contributed by atoms with Gasteiger partial charge >= 0.3 is 0 Å². The third-order valence-electron chi connectivity index (χ3n) is 2.95. The molecule has 0 unspecified atom stereocenters. The van der Waals surface area contributed by atoms with Gasteiger partial charge in [-0.05, 0) is 19.3 Å². The minimum absolute atomic E-state index is 0.169. The number of aliphatic hydroxyl groups is 1. The van der Waals surface area contributed by atoms with Crippen LogP contribution in [0.1, 0.15) is 33.1 Å². The van der Waals surface area contributed by atoms with E-state index in [1.807, 2.05) is 0 Å². The summed E-state index contributed by atoms with van der Waals surface area (Å²) in [6.07, 6.45) is 2.40. The topological polar surface area (TPSA) is 78.4 Å². The number of rotatable bonds is 10. The second-order valence-corrected chi connectivity index (χ2v) is 6.01. The lowest BCUT2D eigenvalue weighted by molar-refractivity contribution is -0.132. The van der Waals surface area contributed by atoms with Crippen molar-refractivity contribution in [2.75, 3.05) is 24.7 Å². The van der Waals surface area contributed by atoms with Crippen LogP contribution in [-0.2, 0) is 9.59 Å². The Labute approximate surface area is 132 Å². The lowest BCUT2D eigenvalue weighted by Crippen LogP contribution is -2.52. The van der Waals surface area contributed by atoms with Gasteiger partial charge in [0.2, 0.25) is 11.8 Å². The van der Waals surface area contributed by atoms with Crippen LogP contribution in [-0.4, -0.2) is 47.6 Å². The van der Waals surface area contributed by atoms with Gasteiger partial charge in [-0.2, -0.15) is 25.3 Å². The second kappa shape index (κ2) is 10.3. The van der Waals surface area contributed by atoms with Crippen molar-refractivity contribution in [2.24, 2.45) is 5.41 Å². The number of carbonyl (C=O) groups excluding carboxylic acids is 2. The second-order valence-electron chi connectivity index (χ2n) is 5.33. The highest BCUT2D eigenvalue weighted by Crippen LogP contribution is 2.16. The first-order valence-electron chi connectivity index (χ1n) is 6.80. The molecule has 1 atom stereocenters. The molecule has 0 aliphatic heterocycles. The van der Waals surface area contributed by atoms with Crippen molar-refractivity contribution in [1.82, 2.24) is 10.6 Å². The fourth-order valence-corrected chi connectivity index (χ4v) is 1.77. The number of thiol groups is 2. The summed E-state index contributed by atoms with van der Waals surface area (Å²) in [5.74, 6) is 0.215. The zero-order chi connectivity index (χ0) is 15.6. The van der Waals surface area contributed by atoms with Crippen molar-refractivity contribution < 1.29 is 14.7 Å². The average molecular weight is 322 g/mol. The van der Waals surface area contributed by atoms with E-state index in [2.05, 4.69) is 35.9 Å². The molecule has 0 fully saturated rings.